The Morgan fingerprint density at radius 1 is 1.33 bits per heavy atom. The molecule has 0 spiro atoms. The Morgan fingerprint density at radius 3 is 2.78 bits per heavy atom. The summed E-state index contributed by atoms with van der Waals surface area (Å²) in [6, 6.07) is 7.86. The predicted octanol–water partition coefficient (Wildman–Crippen LogP) is 2.91. The maximum Gasteiger partial charge on any atom is 0.229 e. The Kier molecular flexibility index (Phi) is 3.94. The van der Waals surface area contributed by atoms with E-state index in [-0.39, 0.29) is 0 Å². The molecule has 0 radical (unpaired) electrons. The van der Waals surface area contributed by atoms with E-state index in [1.165, 1.54) is 0 Å². The number of rotatable bonds is 4. The highest BCUT2D eigenvalue weighted by molar-refractivity contribution is 6.49. The molecule has 0 aliphatic heterocycles. The van der Waals surface area contributed by atoms with Gasteiger partial charge in [0.15, 0.2) is 0 Å². The first-order valence-corrected chi connectivity index (χ1v) is 8.74. The van der Waals surface area contributed by atoms with Crippen molar-refractivity contribution < 1.29 is 4.43 Å². The quantitative estimate of drug-likeness (QED) is 0.678. The summed E-state index contributed by atoms with van der Waals surface area (Å²) in [5, 5.41) is 0. The molecule has 2 aromatic rings. The van der Waals surface area contributed by atoms with Crippen LogP contribution in [0.1, 0.15) is 12.6 Å². The zero-order chi connectivity index (χ0) is 13.0. The monoisotopic (exact) mass is 259 g/mol. The van der Waals surface area contributed by atoms with Crippen molar-refractivity contribution >= 4 is 20.4 Å². The molecule has 0 aliphatic carbocycles. The van der Waals surface area contributed by atoms with Crippen LogP contribution in [0.25, 0.3) is 0 Å². The third-order valence-corrected chi connectivity index (χ3v) is 3.13. The van der Waals surface area contributed by atoms with Gasteiger partial charge in [0, 0.05) is 0 Å². The number of benzene rings is 1. The Balaban J connectivity index is 2.31. The van der Waals surface area contributed by atoms with Gasteiger partial charge in [0.2, 0.25) is 9.04 Å². The summed E-state index contributed by atoms with van der Waals surface area (Å²) in [4.78, 5) is 11.6. The van der Waals surface area contributed by atoms with Crippen LogP contribution >= 0.6 is 0 Å². The van der Waals surface area contributed by atoms with Gasteiger partial charge in [0.25, 0.3) is 0 Å². The highest BCUT2D eigenvalue weighted by atomic mass is 28.3. The van der Waals surface area contributed by atoms with Gasteiger partial charge >= 0.3 is 0 Å². The third kappa shape index (κ3) is 3.07. The lowest BCUT2D eigenvalue weighted by atomic mass is 10.2. The van der Waals surface area contributed by atoms with Gasteiger partial charge in [-0.15, -0.1) is 0 Å². The van der Waals surface area contributed by atoms with Gasteiger partial charge in [-0.2, -0.15) is 0 Å². The van der Waals surface area contributed by atoms with Crippen molar-refractivity contribution in [3.63, 3.8) is 0 Å². The van der Waals surface area contributed by atoms with Gasteiger partial charge in [-0.05, 0) is 32.2 Å². The molecule has 94 valence electrons. The van der Waals surface area contributed by atoms with Crippen LogP contribution in [0.2, 0.25) is 13.1 Å². The molecule has 0 saturated heterocycles. The third-order valence-electron chi connectivity index (χ3n) is 2.40. The van der Waals surface area contributed by atoms with Gasteiger partial charge in [0.1, 0.15) is 11.4 Å². The minimum atomic E-state index is -1.12. The zero-order valence-corrected chi connectivity index (χ0v) is 12.0. The number of aromatic nitrogens is 2. The molecular formula is C13H17N3OSi. The average Bonchev–Trinajstić information content (AvgIpc) is 2.84. The molecule has 1 N–H and O–H groups in total. The normalized spacial score (nSPS) is 11.9. The van der Waals surface area contributed by atoms with Crippen molar-refractivity contribution in [2.24, 2.45) is 4.99 Å². The number of nitrogens with zero attached hydrogens (tertiary/aromatic N) is 2. The van der Waals surface area contributed by atoms with E-state index in [4.69, 9.17) is 4.43 Å². The van der Waals surface area contributed by atoms with Crippen molar-refractivity contribution in [1.82, 2.24) is 9.97 Å². The first kappa shape index (κ1) is 12.6. The smallest absolute Gasteiger partial charge is 0.229 e. The number of aromatic amines is 1. The fraction of sp³-hybridized carbons (Fsp3) is 0.231. The van der Waals surface area contributed by atoms with Crippen LogP contribution in [0.5, 0.6) is 5.75 Å². The first-order chi connectivity index (χ1) is 8.66. The highest BCUT2D eigenvalue weighted by Crippen LogP contribution is 2.28. The van der Waals surface area contributed by atoms with Crippen LogP contribution in [0, 0.1) is 0 Å². The van der Waals surface area contributed by atoms with Crippen LogP contribution in [0.4, 0.5) is 5.69 Å². The fourth-order valence-electron chi connectivity index (χ4n) is 1.60. The van der Waals surface area contributed by atoms with E-state index in [0.717, 1.165) is 22.8 Å². The second-order valence-electron chi connectivity index (χ2n) is 4.30. The van der Waals surface area contributed by atoms with Gasteiger partial charge in [-0.3, -0.25) is 0 Å². The maximum absolute atomic E-state index is 5.87. The van der Waals surface area contributed by atoms with Crippen LogP contribution in [0.15, 0.2) is 41.8 Å². The molecule has 1 aromatic heterocycles. The van der Waals surface area contributed by atoms with E-state index >= 15 is 0 Å². The van der Waals surface area contributed by atoms with E-state index in [2.05, 4.69) is 28.1 Å². The van der Waals surface area contributed by atoms with E-state index in [0.29, 0.717) is 0 Å². The van der Waals surface area contributed by atoms with E-state index < -0.39 is 9.04 Å². The molecule has 0 atom stereocenters. The molecular weight excluding hydrogens is 242 g/mol. The van der Waals surface area contributed by atoms with Crippen LogP contribution in [-0.2, 0) is 0 Å². The molecule has 0 aliphatic rings. The molecule has 0 bridgehead atoms. The summed E-state index contributed by atoms with van der Waals surface area (Å²) >= 11 is 0. The van der Waals surface area contributed by atoms with Crippen molar-refractivity contribution in [1.29, 1.82) is 0 Å². The number of aliphatic imine (C=N–C) groups is 1. The minimum absolute atomic E-state index is 0.859. The van der Waals surface area contributed by atoms with Gasteiger partial charge in [-0.25, -0.2) is 9.98 Å². The van der Waals surface area contributed by atoms with E-state index in [1.54, 1.807) is 12.5 Å². The van der Waals surface area contributed by atoms with Crippen molar-refractivity contribution in [2.45, 2.75) is 20.0 Å². The Hall–Kier alpha value is -1.88. The molecule has 4 nitrogen and oxygen atoms in total. The second-order valence-corrected chi connectivity index (χ2v) is 6.63. The average molecular weight is 259 g/mol. The topological polar surface area (TPSA) is 50.3 Å². The summed E-state index contributed by atoms with van der Waals surface area (Å²) in [7, 11) is -1.12. The number of hydrogen-bond acceptors (Lipinski definition) is 3. The van der Waals surface area contributed by atoms with Crippen molar-refractivity contribution in [3.8, 4) is 5.75 Å². The number of H-pyrrole nitrogens is 1. The fourth-order valence-corrected chi connectivity index (χ4v) is 2.30. The maximum atomic E-state index is 5.87. The number of hydrogen-bond donors (Lipinski definition) is 1. The Morgan fingerprint density at radius 2 is 2.11 bits per heavy atom. The predicted molar refractivity (Wildman–Crippen MR) is 76.4 cm³/mol. The van der Waals surface area contributed by atoms with E-state index in [9.17, 15) is 0 Å². The second kappa shape index (κ2) is 5.64. The molecule has 18 heavy (non-hydrogen) atoms. The molecule has 0 saturated carbocycles. The molecule has 1 aromatic carbocycles. The standard InChI is InChI=1S/C13H17N3OSi/c1-10(12-8-14-9-15-12)16-11-6-4-5-7-13(11)17-18(2)3/h4-9,18H,1-3H3,(H,14,15). The van der Waals surface area contributed by atoms with Gasteiger partial charge in [-0.1, -0.05) is 12.1 Å². The van der Waals surface area contributed by atoms with Crippen molar-refractivity contribution in [2.75, 3.05) is 0 Å². The lowest BCUT2D eigenvalue weighted by Crippen LogP contribution is -2.11. The van der Waals surface area contributed by atoms with E-state index in [1.807, 2.05) is 31.2 Å². The minimum Gasteiger partial charge on any atom is -0.546 e. The molecule has 2 rings (SSSR count). The van der Waals surface area contributed by atoms with Crippen LogP contribution < -0.4 is 4.43 Å². The van der Waals surface area contributed by atoms with Crippen molar-refractivity contribution in [3.05, 3.63) is 42.5 Å². The number of para-hydroxylation sites is 2. The molecule has 0 amide bonds. The number of nitrogens with one attached hydrogen (secondary N) is 1. The summed E-state index contributed by atoms with van der Waals surface area (Å²) < 4.78 is 5.87. The summed E-state index contributed by atoms with van der Waals surface area (Å²) in [6.07, 6.45) is 3.41. The van der Waals surface area contributed by atoms with Crippen LogP contribution in [-0.4, -0.2) is 24.7 Å². The highest BCUT2D eigenvalue weighted by Gasteiger charge is 2.06. The SMILES string of the molecule is CC(=Nc1ccccc1O[SiH](C)C)c1cnc[nH]1. The molecule has 1 heterocycles. The summed E-state index contributed by atoms with van der Waals surface area (Å²) in [6.45, 7) is 6.24. The molecule has 0 unspecified atom stereocenters. The van der Waals surface area contributed by atoms with Gasteiger partial charge in [0.05, 0.1) is 23.9 Å². The largest absolute Gasteiger partial charge is 0.546 e. The Labute approximate surface area is 108 Å². The Bertz CT molecular complexity index is 535. The zero-order valence-electron chi connectivity index (χ0n) is 10.8. The van der Waals surface area contributed by atoms with Crippen LogP contribution in [0.3, 0.4) is 0 Å². The summed E-state index contributed by atoms with van der Waals surface area (Å²) in [5.41, 5.74) is 2.69. The number of imidazole rings is 1. The molecule has 5 heteroatoms. The summed E-state index contributed by atoms with van der Waals surface area (Å²) in [5.74, 6) is 0.859. The lowest BCUT2D eigenvalue weighted by molar-refractivity contribution is 0.582. The first-order valence-electron chi connectivity index (χ1n) is 5.96. The molecule has 0 fully saturated rings. The van der Waals surface area contributed by atoms with Gasteiger partial charge < -0.3 is 9.41 Å². The lowest BCUT2D eigenvalue weighted by Gasteiger charge is -2.11.